The number of aliphatic carboxylic acids is 1. The van der Waals surface area contributed by atoms with Crippen molar-refractivity contribution in [2.45, 2.75) is 32.2 Å². The molecular formula is C22H23FN2O4. The number of carboxylic acid groups (broad SMARTS) is 1. The van der Waals surface area contributed by atoms with E-state index in [1.807, 2.05) is 0 Å². The van der Waals surface area contributed by atoms with E-state index >= 15 is 0 Å². The average molecular weight is 398 g/mol. The highest BCUT2D eigenvalue weighted by Crippen LogP contribution is 2.29. The molecule has 0 aromatic heterocycles. The minimum Gasteiger partial charge on any atom is -0.481 e. The van der Waals surface area contributed by atoms with Gasteiger partial charge in [0, 0.05) is 23.7 Å². The van der Waals surface area contributed by atoms with Crippen molar-refractivity contribution in [1.29, 1.82) is 0 Å². The van der Waals surface area contributed by atoms with Gasteiger partial charge in [0.25, 0.3) is 5.91 Å². The molecule has 3 rings (SSSR count). The lowest BCUT2D eigenvalue weighted by Crippen LogP contribution is -2.35. The summed E-state index contributed by atoms with van der Waals surface area (Å²) >= 11 is 0. The van der Waals surface area contributed by atoms with Crippen molar-refractivity contribution in [3.8, 4) is 0 Å². The zero-order valence-electron chi connectivity index (χ0n) is 15.9. The highest BCUT2D eigenvalue weighted by Gasteiger charge is 2.30. The summed E-state index contributed by atoms with van der Waals surface area (Å²) in [5.74, 6) is -2.37. The second-order valence-electron chi connectivity index (χ2n) is 7.27. The molecule has 0 spiro atoms. The van der Waals surface area contributed by atoms with Crippen LogP contribution in [0.1, 0.15) is 41.6 Å². The van der Waals surface area contributed by atoms with Crippen molar-refractivity contribution in [1.82, 2.24) is 5.32 Å². The number of amides is 2. The van der Waals surface area contributed by atoms with Crippen LogP contribution in [0, 0.1) is 17.7 Å². The molecule has 1 saturated carbocycles. The molecule has 0 saturated heterocycles. The molecule has 7 heteroatoms. The molecule has 0 radical (unpaired) electrons. The molecule has 3 N–H and O–H groups in total. The summed E-state index contributed by atoms with van der Waals surface area (Å²) in [6.45, 7) is 0.312. The maximum atomic E-state index is 12.9. The minimum atomic E-state index is -0.836. The molecule has 2 atom stereocenters. The van der Waals surface area contributed by atoms with E-state index in [9.17, 15) is 18.8 Å². The van der Waals surface area contributed by atoms with Crippen molar-refractivity contribution in [2.75, 3.05) is 5.32 Å². The van der Waals surface area contributed by atoms with Crippen LogP contribution in [0.2, 0.25) is 0 Å². The molecule has 0 heterocycles. The number of hydrogen-bond donors (Lipinski definition) is 3. The highest BCUT2D eigenvalue weighted by molar-refractivity contribution is 6.04. The maximum Gasteiger partial charge on any atom is 0.306 e. The van der Waals surface area contributed by atoms with Gasteiger partial charge in [-0.05, 0) is 61.2 Å². The van der Waals surface area contributed by atoms with E-state index in [0.717, 1.165) is 12.0 Å². The Labute approximate surface area is 168 Å². The maximum absolute atomic E-state index is 12.9. The molecule has 2 aromatic rings. The molecule has 1 aliphatic carbocycles. The fourth-order valence-corrected chi connectivity index (χ4v) is 3.50. The standard InChI is InChI=1S/C22H23FN2O4/c23-18-8-10-19(11-9-18)25-21(27)15-6-4-14(5-7-15)13-24-20(26)16-2-1-3-17(12-16)22(28)29/h4-11,16-17H,1-3,12-13H2,(H,24,26)(H,25,27)(H,28,29). The van der Waals surface area contributed by atoms with Crippen molar-refractivity contribution in [3.05, 3.63) is 65.5 Å². The van der Waals surface area contributed by atoms with Gasteiger partial charge >= 0.3 is 5.97 Å². The smallest absolute Gasteiger partial charge is 0.306 e. The van der Waals surface area contributed by atoms with Crippen LogP contribution in [0.3, 0.4) is 0 Å². The third-order valence-electron chi connectivity index (χ3n) is 5.18. The topological polar surface area (TPSA) is 95.5 Å². The Morgan fingerprint density at radius 1 is 0.966 bits per heavy atom. The molecule has 2 unspecified atom stereocenters. The van der Waals surface area contributed by atoms with Gasteiger partial charge in [0.15, 0.2) is 0 Å². The quantitative estimate of drug-likeness (QED) is 0.693. The van der Waals surface area contributed by atoms with Gasteiger partial charge in [-0.3, -0.25) is 14.4 Å². The third kappa shape index (κ3) is 5.63. The van der Waals surface area contributed by atoms with Gasteiger partial charge in [-0.15, -0.1) is 0 Å². The van der Waals surface area contributed by atoms with Crippen molar-refractivity contribution in [2.24, 2.45) is 11.8 Å². The monoisotopic (exact) mass is 398 g/mol. The normalized spacial score (nSPS) is 18.7. The predicted molar refractivity (Wildman–Crippen MR) is 106 cm³/mol. The molecule has 152 valence electrons. The van der Waals surface area contributed by atoms with Gasteiger partial charge in [-0.25, -0.2) is 4.39 Å². The van der Waals surface area contributed by atoms with Crippen molar-refractivity contribution >= 4 is 23.5 Å². The van der Waals surface area contributed by atoms with Crippen LogP contribution in [0.25, 0.3) is 0 Å². The molecule has 0 aliphatic heterocycles. The van der Waals surface area contributed by atoms with Gasteiger partial charge in [0.05, 0.1) is 5.92 Å². The minimum absolute atomic E-state index is 0.130. The molecule has 6 nitrogen and oxygen atoms in total. The van der Waals surface area contributed by atoms with E-state index in [0.29, 0.717) is 37.1 Å². The Bertz CT molecular complexity index is 881. The fourth-order valence-electron chi connectivity index (χ4n) is 3.50. The Kier molecular flexibility index (Phi) is 6.59. The number of nitrogens with one attached hydrogen (secondary N) is 2. The van der Waals surface area contributed by atoms with E-state index < -0.39 is 11.9 Å². The lowest BCUT2D eigenvalue weighted by atomic mass is 9.81. The Morgan fingerprint density at radius 2 is 1.62 bits per heavy atom. The first kappa shape index (κ1) is 20.5. The fraction of sp³-hybridized carbons (Fsp3) is 0.318. The Balaban J connectivity index is 1.51. The number of hydrogen-bond acceptors (Lipinski definition) is 3. The summed E-state index contributed by atoms with van der Waals surface area (Å²) in [6, 6.07) is 12.3. The molecule has 1 fully saturated rings. The second kappa shape index (κ2) is 9.32. The lowest BCUT2D eigenvalue weighted by Gasteiger charge is -2.25. The lowest BCUT2D eigenvalue weighted by molar-refractivity contribution is -0.144. The average Bonchev–Trinajstić information content (AvgIpc) is 2.74. The molecule has 2 aromatic carbocycles. The van der Waals surface area contributed by atoms with Gasteiger partial charge in [-0.1, -0.05) is 18.6 Å². The molecule has 1 aliphatic rings. The van der Waals surface area contributed by atoms with Crippen LogP contribution in [-0.4, -0.2) is 22.9 Å². The van der Waals surface area contributed by atoms with Crippen LogP contribution < -0.4 is 10.6 Å². The van der Waals surface area contributed by atoms with Crippen LogP contribution in [-0.2, 0) is 16.1 Å². The summed E-state index contributed by atoms with van der Waals surface area (Å²) < 4.78 is 12.9. The number of rotatable bonds is 6. The number of anilines is 1. The van der Waals surface area contributed by atoms with Crippen LogP contribution >= 0.6 is 0 Å². The zero-order valence-corrected chi connectivity index (χ0v) is 15.9. The van der Waals surface area contributed by atoms with Crippen LogP contribution in [0.15, 0.2) is 48.5 Å². The first-order valence-electron chi connectivity index (χ1n) is 9.59. The second-order valence-corrected chi connectivity index (χ2v) is 7.27. The summed E-state index contributed by atoms with van der Waals surface area (Å²) in [5.41, 5.74) is 1.78. The summed E-state index contributed by atoms with van der Waals surface area (Å²) in [5, 5.41) is 14.7. The van der Waals surface area contributed by atoms with Gasteiger partial charge < -0.3 is 15.7 Å². The van der Waals surface area contributed by atoms with E-state index in [1.54, 1.807) is 24.3 Å². The van der Waals surface area contributed by atoms with Gasteiger partial charge in [-0.2, -0.15) is 0 Å². The number of carboxylic acids is 1. The number of carbonyl (C=O) groups excluding carboxylic acids is 2. The first-order chi connectivity index (χ1) is 13.9. The summed E-state index contributed by atoms with van der Waals surface area (Å²) in [6.07, 6.45) is 2.45. The van der Waals surface area contributed by atoms with Crippen molar-refractivity contribution < 1.29 is 23.9 Å². The van der Waals surface area contributed by atoms with E-state index in [-0.39, 0.29) is 23.5 Å². The predicted octanol–water partition coefficient (Wildman–Crippen LogP) is 3.59. The number of benzene rings is 2. The Morgan fingerprint density at radius 3 is 2.28 bits per heavy atom. The molecular weight excluding hydrogens is 375 g/mol. The molecule has 2 amide bonds. The highest BCUT2D eigenvalue weighted by atomic mass is 19.1. The van der Waals surface area contributed by atoms with Gasteiger partial charge in [0.2, 0.25) is 5.91 Å². The largest absolute Gasteiger partial charge is 0.481 e. The van der Waals surface area contributed by atoms with E-state index in [2.05, 4.69) is 10.6 Å². The van der Waals surface area contributed by atoms with E-state index in [1.165, 1.54) is 24.3 Å². The Hall–Kier alpha value is -3.22. The zero-order chi connectivity index (χ0) is 20.8. The number of halogens is 1. The molecule has 29 heavy (non-hydrogen) atoms. The summed E-state index contributed by atoms with van der Waals surface area (Å²) in [7, 11) is 0. The van der Waals surface area contributed by atoms with Crippen LogP contribution in [0.5, 0.6) is 0 Å². The van der Waals surface area contributed by atoms with Crippen molar-refractivity contribution in [3.63, 3.8) is 0 Å². The van der Waals surface area contributed by atoms with Crippen LogP contribution in [0.4, 0.5) is 10.1 Å². The summed E-state index contributed by atoms with van der Waals surface area (Å²) in [4.78, 5) is 35.7. The third-order valence-corrected chi connectivity index (χ3v) is 5.18. The van der Waals surface area contributed by atoms with Gasteiger partial charge in [0.1, 0.15) is 5.82 Å². The number of carbonyl (C=O) groups is 3. The molecule has 0 bridgehead atoms. The SMILES string of the molecule is O=C(Nc1ccc(F)cc1)c1ccc(CNC(=O)C2CCCC(C(=O)O)C2)cc1. The first-order valence-corrected chi connectivity index (χ1v) is 9.59. The van der Waals surface area contributed by atoms with E-state index in [4.69, 9.17) is 5.11 Å².